The van der Waals surface area contributed by atoms with Crippen LogP contribution in [0.4, 0.5) is 0 Å². The number of hydrogen-bond acceptors (Lipinski definition) is 5. The monoisotopic (exact) mass is 783 g/mol. The third-order valence-electron chi connectivity index (χ3n) is 11.6. The van der Waals surface area contributed by atoms with E-state index in [2.05, 4.69) is 158 Å². The first-order valence-corrected chi connectivity index (χ1v) is 20.9. The van der Waals surface area contributed by atoms with E-state index in [9.17, 15) is 0 Å². The molecule has 0 aliphatic rings. The molecular formula is C55H33N3OS. The fraction of sp³-hybridized carbons (Fsp3) is 0. The van der Waals surface area contributed by atoms with Crippen molar-refractivity contribution < 1.29 is 4.42 Å². The van der Waals surface area contributed by atoms with E-state index in [0.29, 0.717) is 17.5 Å². The Labute approximate surface area is 349 Å². The molecule has 12 aromatic rings. The first-order valence-electron chi connectivity index (χ1n) is 20.1. The zero-order chi connectivity index (χ0) is 39.6. The Kier molecular flexibility index (Phi) is 8.00. The lowest BCUT2D eigenvalue weighted by molar-refractivity contribution is 0.670. The molecule has 0 unspecified atom stereocenters. The minimum Gasteiger partial charge on any atom is -0.455 e. The third-order valence-corrected chi connectivity index (χ3v) is 12.8. The Morgan fingerprint density at radius 3 is 1.67 bits per heavy atom. The Balaban J connectivity index is 0.936. The van der Waals surface area contributed by atoms with Crippen LogP contribution in [0.25, 0.3) is 120 Å². The van der Waals surface area contributed by atoms with Crippen LogP contribution in [0.3, 0.4) is 0 Å². The van der Waals surface area contributed by atoms with E-state index in [0.717, 1.165) is 60.9 Å². The van der Waals surface area contributed by atoms with Gasteiger partial charge in [-0.05, 0) is 50.7 Å². The van der Waals surface area contributed by atoms with Gasteiger partial charge in [0, 0.05) is 53.2 Å². The summed E-state index contributed by atoms with van der Waals surface area (Å²) in [7, 11) is 0. The van der Waals surface area contributed by atoms with Crippen molar-refractivity contribution in [3.8, 4) is 67.5 Å². The van der Waals surface area contributed by atoms with Crippen LogP contribution in [-0.4, -0.2) is 15.0 Å². The second kappa shape index (κ2) is 14.0. The second-order valence-electron chi connectivity index (χ2n) is 15.1. The second-order valence-corrected chi connectivity index (χ2v) is 16.1. The summed E-state index contributed by atoms with van der Waals surface area (Å²) in [6.07, 6.45) is 0. The maximum atomic E-state index is 6.73. The van der Waals surface area contributed by atoms with Crippen molar-refractivity contribution >= 4 is 64.2 Å². The topological polar surface area (TPSA) is 51.8 Å². The Morgan fingerprint density at radius 1 is 0.333 bits per heavy atom. The Bertz CT molecular complexity index is 3580. The van der Waals surface area contributed by atoms with Crippen LogP contribution in [0.15, 0.2) is 205 Å². The molecule has 280 valence electrons. The van der Waals surface area contributed by atoms with Crippen molar-refractivity contribution in [2.24, 2.45) is 0 Å². The summed E-state index contributed by atoms with van der Waals surface area (Å²) in [6, 6.07) is 70.3. The molecular weight excluding hydrogens is 751 g/mol. The highest BCUT2D eigenvalue weighted by Gasteiger charge is 2.20. The summed E-state index contributed by atoms with van der Waals surface area (Å²) in [4.78, 5) is 15.4. The summed E-state index contributed by atoms with van der Waals surface area (Å²) in [5.41, 5.74) is 11.3. The summed E-state index contributed by atoms with van der Waals surface area (Å²) in [6.45, 7) is 0. The van der Waals surface area contributed by atoms with Gasteiger partial charge in [-0.3, -0.25) is 0 Å². The van der Waals surface area contributed by atoms with E-state index in [4.69, 9.17) is 19.4 Å². The van der Waals surface area contributed by atoms with Crippen LogP contribution in [0.2, 0.25) is 0 Å². The van der Waals surface area contributed by atoms with Crippen molar-refractivity contribution in [3.05, 3.63) is 200 Å². The highest BCUT2D eigenvalue weighted by molar-refractivity contribution is 7.26. The average Bonchev–Trinajstić information content (AvgIpc) is 3.91. The van der Waals surface area contributed by atoms with Crippen LogP contribution in [0.1, 0.15) is 0 Å². The molecule has 0 spiro atoms. The third kappa shape index (κ3) is 5.70. The molecule has 4 nitrogen and oxygen atoms in total. The number of nitrogens with zero attached hydrogens (tertiary/aromatic N) is 3. The summed E-state index contributed by atoms with van der Waals surface area (Å²) >= 11 is 1.86. The van der Waals surface area contributed by atoms with Crippen molar-refractivity contribution in [1.82, 2.24) is 15.0 Å². The fourth-order valence-corrected chi connectivity index (χ4v) is 9.92. The van der Waals surface area contributed by atoms with E-state index in [1.165, 1.54) is 42.1 Å². The van der Waals surface area contributed by atoms with Gasteiger partial charge in [0.1, 0.15) is 11.2 Å². The van der Waals surface area contributed by atoms with E-state index < -0.39 is 0 Å². The first kappa shape index (κ1) is 34.3. The van der Waals surface area contributed by atoms with Crippen molar-refractivity contribution in [3.63, 3.8) is 0 Å². The molecule has 0 aliphatic carbocycles. The minimum atomic E-state index is 0.594. The van der Waals surface area contributed by atoms with E-state index >= 15 is 0 Å². The number of thiophene rings is 1. The van der Waals surface area contributed by atoms with Crippen LogP contribution in [0.5, 0.6) is 0 Å². The van der Waals surface area contributed by atoms with Crippen LogP contribution in [0, 0.1) is 0 Å². The van der Waals surface area contributed by atoms with Gasteiger partial charge in [-0.25, -0.2) is 15.0 Å². The van der Waals surface area contributed by atoms with Gasteiger partial charge in [-0.15, -0.1) is 11.3 Å². The summed E-state index contributed by atoms with van der Waals surface area (Å²) < 4.78 is 9.37. The molecule has 0 amide bonds. The van der Waals surface area contributed by atoms with Gasteiger partial charge in [0.25, 0.3) is 0 Å². The number of hydrogen-bond donors (Lipinski definition) is 0. The maximum Gasteiger partial charge on any atom is 0.164 e. The molecule has 0 bridgehead atoms. The van der Waals surface area contributed by atoms with Gasteiger partial charge < -0.3 is 4.42 Å². The highest BCUT2D eigenvalue weighted by Crippen LogP contribution is 2.43. The molecule has 0 aliphatic heterocycles. The SMILES string of the molecule is c1ccc(-c2nc(-c3ccc(-c4ccc(-c5cccc6c5sc5ccccc56)cc4)cc3)nc(-c3cccc4oc5c(-c6cccc7ccccc67)cccc5c34)n2)cc1. The Hall–Kier alpha value is -7.73. The largest absolute Gasteiger partial charge is 0.455 e. The molecule has 0 saturated carbocycles. The zero-order valence-corrected chi connectivity index (χ0v) is 33.0. The lowest BCUT2D eigenvalue weighted by Crippen LogP contribution is -2.00. The van der Waals surface area contributed by atoms with Gasteiger partial charge >= 0.3 is 0 Å². The maximum absolute atomic E-state index is 6.73. The molecule has 0 radical (unpaired) electrons. The van der Waals surface area contributed by atoms with Gasteiger partial charge in [-0.2, -0.15) is 0 Å². The molecule has 3 heterocycles. The molecule has 0 atom stereocenters. The molecule has 0 fully saturated rings. The molecule has 12 rings (SSSR count). The number of benzene rings is 9. The van der Waals surface area contributed by atoms with Gasteiger partial charge in [0.15, 0.2) is 17.5 Å². The number of fused-ring (bicyclic) bond motifs is 7. The van der Waals surface area contributed by atoms with Crippen molar-refractivity contribution in [1.29, 1.82) is 0 Å². The van der Waals surface area contributed by atoms with Gasteiger partial charge in [-0.1, -0.05) is 188 Å². The molecule has 60 heavy (non-hydrogen) atoms. The number of aromatic nitrogens is 3. The van der Waals surface area contributed by atoms with Gasteiger partial charge in [0.05, 0.1) is 0 Å². The standard InChI is InChI=1S/C55H33N3OS/c1-2-13-38(14-3-1)53-56-54(39-32-28-35(29-33-39)34-26-30-37(31-27-34)41-18-9-21-45-43-17-6-7-25-49(43)60-52(41)45)58-55(57-53)47-23-11-24-48-50(47)46-22-10-20-44(51(46)59-48)42-19-8-15-36-12-4-5-16-40(36)42/h1-33H. The zero-order valence-electron chi connectivity index (χ0n) is 32.2. The van der Waals surface area contributed by atoms with Crippen molar-refractivity contribution in [2.75, 3.05) is 0 Å². The predicted molar refractivity (Wildman–Crippen MR) is 250 cm³/mol. The first-order chi connectivity index (χ1) is 29.7. The average molecular weight is 784 g/mol. The van der Waals surface area contributed by atoms with Crippen LogP contribution >= 0.6 is 11.3 Å². The number of rotatable bonds is 6. The highest BCUT2D eigenvalue weighted by atomic mass is 32.1. The smallest absolute Gasteiger partial charge is 0.164 e. The normalized spacial score (nSPS) is 11.7. The molecule has 0 saturated heterocycles. The van der Waals surface area contributed by atoms with Crippen LogP contribution in [-0.2, 0) is 0 Å². The number of para-hydroxylation sites is 1. The van der Waals surface area contributed by atoms with E-state index in [-0.39, 0.29) is 0 Å². The van der Waals surface area contributed by atoms with E-state index in [1.807, 2.05) is 53.8 Å². The Morgan fingerprint density at radius 2 is 0.867 bits per heavy atom. The van der Waals surface area contributed by atoms with Gasteiger partial charge in [0.2, 0.25) is 0 Å². The lowest BCUT2D eigenvalue weighted by atomic mass is 9.96. The summed E-state index contributed by atoms with van der Waals surface area (Å²) in [5.74, 6) is 1.82. The molecule has 0 N–H and O–H groups in total. The van der Waals surface area contributed by atoms with Crippen LogP contribution < -0.4 is 0 Å². The predicted octanol–water partition coefficient (Wildman–Crippen LogP) is 15.3. The van der Waals surface area contributed by atoms with Crippen molar-refractivity contribution in [2.45, 2.75) is 0 Å². The van der Waals surface area contributed by atoms with E-state index in [1.54, 1.807) is 0 Å². The summed E-state index contributed by atoms with van der Waals surface area (Å²) in [5, 5.41) is 7.00. The minimum absolute atomic E-state index is 0.594. The lowest BCUT2D eigenvalue weighted by Gasteiger charge is -2.10. The quantitative estimate of drug-likeness (QED) is 0.169. The molecule has 9 aromatic carbocycles. The fourth-order valence-electron chi connectivity index (χ4n) is 8.68. The molecule has 5 heteroatoms. The molecule has 3 aromatic heterocycles. The number of furan rings is 1.